The van der Waals surface area contributed by atoms with Crippen LogP contribution in [0.1, 0.15) is 16.9 Å². The summed E-state index contributed by atoms with van der Waals surface area (Å²) in [5.74, 6) is -0.774. The Hall–Kier alpha value is -0.950. The number of nitrogens with two attached hydrogens (primary N) is 1. The topological polar surface area (TPSA) is 56.0 Å². The van der Waals surface area contributed by atoms with Crippen LogP contribution in [0.15, 0.2) is 10.9 Å². The second-order valence-electron chi connectivity index (χ2n) is 2.66. The van der Waals surface area contributed by atoms with Crippen LogP contribution in [0.25, 0.3) is 0 Å². The van der Waals surface area contributed by atoms with Crippen LogP contribution in [0.5, 0.6) is 0 Å². The molecule has 1 atom stereocenters. The smallest absolute Gasteiger partial charge is 0.321 e. The first-order valence-electron chi connectivity index (χ1n) is 3.65. The number of rotatable bonds is 3. The van der Waals surface area contributed by atoms with Crippen molar-refractivity contribution in [2.45, 2.75) is 18.6 Å². The van der Waals surface area contributed by atoms with E-state index in [1.165, 1.54) is 10.9 Å². The van der Waals surface area contributed by atoms with Gasteiger partial charge in [-0.25, -0.2) is 4.98 Å². The summed E-state index contributed by atoms with van der Waals surface area (Å²) in [5, 5.41) is 1.37. The van der Waals surface area contributed by atoms with Gasteiger partial charge in [0.05, 0.1) is 18.0 Å². The molecule has 0 aliphatic heterocycles. The average molecular weight is 224 g/mol. The van der Waals surface area contributed by atoms with Gasteiger partial charge in [0.2, 0.25) is 0 Å². The van der Waals surface area contributed by atoms with Gasteiger partial charge in [0.1, 0.15) is 5.69 Å². The SMILES string of the molecule is NC(CC(F)(F)F)C(=O)c1cscn1. The molecule has 1 aromatic heterocycles. The van der Waals surface area contributed by atoms with Crippen LogP contribution >= 0.6 is 11.3 Å². The van der Waals surface area contributed by atoms with Gasteiger partial charge in [-0.05, 0) is 0 Å². The lowest BCUT2D eigenvalue weighted by Gasteiger charge is -2.11. The number of ketones is 1. The molecule has 1 heterocycles. The van der Waals surface area contributed by atoms with E-state index in [0.29, 0.717) is 0 Å². The number of nitrogens with zero attached hydrogens (tertiary/aromatic N) is 1. The second-order valence-corrected chi connectivity index (χ2v) is 3.38. The molecule has 0 aliphatic carbocycles. The number of Topliss-reactive ketones (excluding diaryl/α,β-unsaturated/α-hetero) is 1. The Morgan fingerprint density at radius 3 is 2.71 bits per heavy atom. The van der Waals surface area contributed by atoms with Crippen molar-refractivity contribution in [2.75, 3.05) is 0 Å². The fraction of sp³-hybridized carbons (Fsp3) is 0.429. The third-order valence-electron chi connectivity index (χ3n) is 1.47. The first-order valence-corrected chi connectivity index (χ1v) is 4.59. The maximum absolute atomic E-state index is 11.9. The van der Waals surface area contributed by atoms with Gasteiger partial charge in [0, 0.05) is 5.38 Å². The summed E-state index contributed by atoms with van der Waals surface area (Å²) in [6.45, 7) is 0. The minimum Gasteiger partial charge on any atom is -0.321 e. The molecule has 0 aliphatic rings. The summed E-state index contributed by atoms with van der Waals surface area (Å²) in [5.41, 5.74) is 6.45. The Bertz CT molecular complexity index is 309. The quantitative estimate of drug-likeness (QED) is 0.793. The van der Waals surface area contributed by atoms with Crippen LogP contribution < -0.4 is 5.73 Å². The molecule has 0 saturated heterocycles. The van der Waals surface area contributed by atoms with Gasteiger partial charge in [-0.2, -0.15) is 13.2 Å². The minimum absolute atomic E-state index is 0.00764. The Balaban J connectivity index is 2.63. The molecule has 3 nitrogen and oxygen atoms in total. The zero-order chi connectivity index (χ0) is 10.8. The number of aromatic nitrogens is 1. The van der Waals surface area contributed by atoms with Crippen molar-refractivity contribution < 1.29 is 18.0 Å². The Kier molecular flexibility index (Phi) is 3.22. The molecule has 1 unspecified atom stereocenters. The molecule has 78 valence electrons. The third-order valence-corrected chi connectivity index (χ3v) is 2.06. The highest BCUT2D eigenvalue weighted by Crippen LogP contribution is 2.22. The summed E-state index contributed by atoms with van der Waals surface area (Å²) in [6, 6.07) is -1.56. The standard InChI is InChI=1S/C7H7F3N2OS/c8-7(9,10)1-4(11)6(13)5-2-14-3-12-5/h2-4H,1,11H2. The van der Waals surface area contributed by atoms with E-state index in [-0.39, 0.29) is 5.69 Å². The fourth-order valence-corrected chi connectivity index (χ4v) is 1.41. The molecule has 0 bridgehead atoms. The van der Waals surface area contributed by atoms with Gasteiger partial charge >= 0.3 is 6.18 Å². The van der Waals surface area contributed by atoms with Crippen molar-refractivity contribution >= 4 is 17.1 Å². The van der Waals surface area contributed by atoms with Gasteiger partial charge in [0.15, 0.2) is 5.78 Å². The van der Waals surface area contributed by atoms with Crippen molar-refractivity contribution in [1.82, 2.24) is 4.98 Å². The van der Waals surface area contributed by atoms with E-state index in [9.17, 15) is 18.0 Å². The highest BCUT2D eigenvalue weighted by atomic mass is 32.1. The lowest BCUT2D eigenvalue weighted by Crippen LogP contribution is -2.35. The molecule has 7 heteroatoms. The Morgan fingerprint density at radius 1 is 1.64 bits per heavy atom. The molecule has 0 fully saturated rings. The summed E-state index contributed by atoms with van der Waals surface area (Å²) >= 11 is 1.13. The van der Waals surface area contributed by atoms with Crippen molar-refractivity contribution in [3.63, 3.8) is 0 Å². The molecule has 0 saturated carbocycles. The van der Waals surface area contributed by atoms with Gasteiger partial charge < -0.3 is 5.73 Å². The molecular weight excluding hydrogens is 217 g/mol. The molecule has 0 amide bonds. The summed E-state index contributed by atoms with van der Waals surface area (Å²) in [4.78, 5) is 14.8. The van der Waals surface area contributed by atoms with E-state index < -0.39 is 24.4 Å². The highest BCUT2D eigenvalue weighted by Gasteiger charge is 2.34. The Labute approximate surface area is 81.7 Å². The number of alkyl halides is 3. The van der Waals surface area contributed by atoms with Crippen LogP contribution in [0, 0.1) is 0 Å². The van der Waals surface area contributed by atoms with E-state index >= 15 is 0 Å². The van der Waals surface area contributed by atoms with Gasteiger partial charge in [-0.15, -0.1) is 11.3 Å². The molecule has 14 heavy (non-hydrogen) atoms. The average Bonchev–Trinajstić information content (AvgIpc) is 2.51. The predicted octanol–water partition coefficient (Wildman–Crippen LogP) is 1.61. The van der Waals surface area contributed by atoms with Crippen molar-refractivity contribution in [3.05, 3.63) is 16.6 Å². The normalized spacial score (nSPS) is 14.0. The lowest BCUT2D eigenvalue weighted by atomic mass is 10.1. The first-order chi connectivity index (χ1) is 6.40. The van der Waals surface area contributed by atoms with Crippen LogP contribution in [-0.2, 0) is 0 Å². The number of carbonyl (C=O) groups excluding carboxylic acids is 1. The van der Waals surface area contributed by atoms with Crippen LogP contribution in [0.3, 0.4) is 0 Å². The van der Waals surface area contributed by atoms with E-state index in [4.69, 9.17) is 5.73 Å². The number of carbonyl (C=O) groups is 1. The fourth-order valence-electron chi connectivity index (χ4n) is 0.866. The minimum atomic E-state index is -4.43. The molecule has 0 radical (unpaired) electrons. The molecule has 1 aromatic rings. The van der Waals surface area contributed by atoms with Crippen molar-refractivity contribution in [3.8, 4) is 0 Å². The zero-order valence-corrected chi connectivity index (χ0v) is 7.73. The number of halogens is 3. The number of hydrogen-bond acceptors (Lipinski definition) is 4. The van der Waals surface area contributed by atoms with Crippen LogP contribution in [0.4, 0.5) is 13.2 Å². The van der Waals surface area contributed by atoms with Crippen molar-refractivity contribution in [2.24, 2.45) is 5.73 Å². The van der Waals surface area contributed by atoms with Crippen LogP contribution in [-0.4, -0.2) is 23.0 Å². The molecule has 2 N–H and O–H groups in total. The summed E-state index contributed by atoms with van der Waals surface area (Å²) in [7, 11) is 0. The van der Waals surface area contributed by atoms with Crippen molar-refractivity contribution in [1.29, 1.82) is 0 Å². The van der Waals surface area contributed by atoms with E-state index in [0.717, 1.165) is 11.3 Å². The molecule has 1 rings (SSSR count). The third kappa shape index (κ3) is 3.08. The predicted molar refractivity (Wildman–Crippen MR) is 45.1 cm³/mol. The first kappa shape index (κ1) is 11.1. The summed E-state index contributed by atoms with van der Waals surface area (Å²) in [6.07, 6.45) is -5.74. The summed E-state index contributed by atoms with van der Waals surface area (Å²) < 4.78 is 35.6. The molecular formula is C7H7F3N2OS. The number of hydrogen-bond donors (Lipinski definition) is 1. The Morgan fingerprint density at radius 2 is 2.29 bits per heavy atom. The van der Waals surface area contributed by atoms with Gasteiger partial charge in [0.25, 0.3) is 0 Å². The van der Waals surface area contributed by atoms with Gasteiger partial charge in [-0.1, -0.05) is 0 Å². The highest BCUT2D eigenvalue weighted by molar-refractivity contribution is 7.07. The van der Waals surface area contributed by atoms with E-state index in [1.54, 1.807) is 0 Å². The molecule has 0 aromatic carbocycles. The van der Waals surface area contributed by atoms with Crippen LogP contribution in [0.2, 0.25) is 0 Å². The maximum atomic E-state index is 11.9. The monoisotopic (exact) mass is 224 g/mol. The zero-order valence-electron chi connectivity index (χ0n) is 6.91. The van der Waals surface area contributed by atoms with E-state index in [2.05, 4.69) is 4.98 Å². The lowest BCUT2D eigenvalue weighted by molar-refractivity contribution is -0.136. The maximum Gasteiger partial charge on any atom is 0.391 e. The van der Waals surface area contributed by atoms with E-state index in [1.807, 2.05) is 0 Å². The molecule has 0 spiro atoms. The number of thiazole rings is 1. The second kappa shape index (κ2) is 4.05. The van der Waals surface area contributed by atoms with Gasteiger partial charge in [-0.3, -0.25) is 4.79 Å². The largest absolute Gasteiger partial charge is 0.391 e.